The van der Waals surface area contributed by atoms with Crippen LogP contribution in [0.25, 0.3) is 10.2 Å². The Labute approximate surface area is 176 Å². The van der Waals surface area contributed by atoms with Gasteiger partial charge in [-0.25, -0.2) is 9.97 Å². The summed E-state index contributed by atoms with van der Waals surface area (Å²) < 4.78 is 0. The number of aromatic nitrogens is 2. The minimum absolute atomic E-state index is 0.0454. The zero-order chi connectivity index (χ0) is 20.2. The zero-order valence-electron chi connectivity index (χ0n) is 15.5. The highest BCUT2D eigenvalue weighted by Gasteiger charge is 2.24. The van der Waals surface area contributed by atoms with Gasteiger partial charge in [-0.05, 0) is 36.1 Å². The molecular formula is C22H17N3O2S2. The van der Waals surface area contributed by atoms with Gasteiger partial charge in [0, 0.05) is 16.6 Å². The van der Waals surface area contributed by atoms with E-state index in [0.29, 0.717) is 11.3 Å². The molecular weight excluding hydrogens is 402 g/mol. The molecule has 1 atom stereocenters. The Kier molecular flexibility index (Phi) is 5.69. The number of rotatable bonds is 6. The van der Waals surface area contributed by atoms with Crippen LogP contribution in [-0.2, 0) is 4.79 Å². The summed E-state index contributed by atoms with van der Waals surface area (Å²) in [5.41, 5.74) is 2.02. The minimum atomic E-state index is -0.504. The van der Waals surface area contributed by atoms with Crippen LogP contribution in [0.4, 0.5) is 5.69 Å². The van der Waals surface area contributed by atoms with Crippen molar-refractivity contribution in [3.8, 4) is 0 Å². The monoisotopic (exact) mass is 419 g/mol. The predicted octanol–water partition coefficient (Wildman–Crippen LogP) is 5.37. The van der Waals surface area contributed by atoms with E-state index in [1.54, 1.807) is 35.6 Å². The maximum atomic E-state index is 13.2. The van der Waals surface area contributed by atoms with Crippen molar-refractivity contribution in [2.75, 3.05) is 5.32 Å². The Morgan fingerprint density at radius 2 is 1.86 bits per heavy atom. The number of nitrogens with zero attached hydrogens (tertiary/aromatic N) is 2. The first-order chi connectivity index (χ1) is 14.1. The molecule has 4 aromatic rings. The molecule has 0 fully saturated rings. The van der Waals surface area contributed by atoms with Gasteiger partial charge in [-0.1, -0.05) is 54.2 Å². The van der Waals surface area contributed by atoms with Gasteiger partial charge in [0.05, 0.1) is 0 Å². The maximum Gasteiger partial charge on any atom is 0.242 e. The normalized spacial score (nSPS) is 11.9. The second-order valence-electron chi connectivity index (χ2n) is 6.35. The molecule has 2 aromatic carbocycles. The van der Waals surface area contributed by atoms with Gasteiger partial charge in [-0.15, -0.1) is 11.3 Å². The van der Waals surface area contributed by atoms with Crippen LogP contribution in [0.5, 0.6) is 0 Å². The topological polar surface area (TPSA) is 72.0 Å². The molecule has 29 heavy (non-hydrogen) atoms. The van der Waals surface area contributed by atoms with Gasteiger partial charge < -0.3 is 5.32 Å². The van der Waals surface area contributed by atoms with Gasteiger partial charge in [-0.3, -0.25) is 9.59 Å². The van der Waals surface area contributed by atoms with Gasteiger partial charge in [0.25, 0.3) is 0 Å². The fraction of sp³-hybridized carbons (Fsp3) is 0.0909. The number of hydrogen-bond donors (Lipinski definition) is 1. The fourth-order valence-electron chi connectivity index (χ4n) is 2.90. The number of carbonyl (C=O) groups is 2. The Hall–Kier alpha value is -3.03. The standard InChI is InChI=1S/C22H17N3O2S2/c1-14(26)16-8-5-9-17(12-16)25-20(27)19(15-6-3-2-4-7-15)29-22-18-10-11-28-21(18)23-13-24-22/h2-13,19H,1H3,(H,25,27). The first-order valence-electron chi connectivity index (χ1n) is 8.93. The first-order valence-corrected chi connectivity index (χ1v) is 10.7. The molecule has 5 nitrogen and oxygen atoms in total. The zero-order valence-corrected chi connectivity index (χ0v) is 17.2. The van der Waals surface area contributed by atoms with E-state index >= 15 is 0 Å². The van der Waals surface area contributed by atoms with E-state index in [9.17, 15) is 9.59 Å². The van der Waals surface area contributed by atoms with Gasteiger partial charge in [0.15, 0.2) is 5.78 Å². The van der Waals surface area contributed by atoms with Crippen LogP contribution in [0, 0.1) is 0 Å². The first kappa shape index (κ1) is 19.3. The molecule has 1 amide bonds. The quantitative estimate of drug-likeness (QED) is 0.259. The molecule has 0 aliphatic heterocycles. The van der Waals surface area contributed by atoms with Crippen molar-refractivity contribution < 1.29 is 9.59 Å². The van der Waals surface area contributed by atoms with Gasteiger partial charge >= 0.3 is 0 Å². The van der Waals surface area contributed by atoms with E-state index in [1.165, 1.54) is 25.0 Å². The van der Waals surface area contributed by atoms with E-state index < -0.39 is 5.25 Å². The Morgan fingerprint density at radius 1 is 1.03 bits per heavy atom. The molecule has 0 bridgehead atoms. The second kappa shape index (κ2) is 8.55. The van der Waals surface area contributed by atoms with Crippen molar-refractivity contribution in [1.82, 2.24) is 9.97 Å². The Balaban J connectivity index is 1.66. The number of anilines is 1. The largest absolute Gasteiger partial charge is 0.325 e. The van der Waals surface area contributed by atoms with E-state index in [-0.39, 0.29) is 11.7 Å². The van der Waals surface area contributed by atoms with Crippen LogP contribution in [0.3, 0.4) is 0 Å². The number of thiophene rings is 1. The van der Waals surface area contributed by atoms with Crippen LogP contribution in [0.15, 0.2) is 77.4 Å². The van der Waals surface area contributed by atoms with Crippen LogP contribution < -0.4 is 5.32 Å². The molecule has 0 saturated carbocycles. The molecule has 0 spiro atoms. The molecule has 144 valence electrons. The number of fused-ring (bicyclic) bond motifs is 1. The third-order valence-electron chi connectivity index (χ3n) is 4.33. The van der Waals surface area contributed by atoms with Crippen molar-refractivity contribution in [2.24, 2.45) is 0 Å². The Bertz CT molecular complexity index is 1170. The van der Waals surface area contributed by atoms with E-state index in [2.05, 4.69) is 15.3 Å². The molecule has 0 saturated heterocycles. The number of nitrogens with one attached hydrogen (secondary N) is 1. The van der Waals surface area contributed by atoms with Crippen molar-refractivity contribution in [3.63, 3.8) is 0 Å². The highest BCUT2D eigenvalue weighted by molar-refractivity contribution is 8.00. The smallest absolute Gasteiger partial charge is 0.242 e. The average molecular weight is 420 g/mol. The highest BCUT2D eigenvalue weighted by Crippen LogP contribution is 2.38. The summed E-state index contributed by atoms with van der Waals surface area (Å²) in [7, 11) is 0. The lowest BCUT2D eigenvalue weighted by molar-refractivity contribution is -0.115. The number of hydrogen-bond acceptors (Lipinski definition) is 6. The number of Topliss-reactive ketones (excluding diaryl/α,β-unsaturated/α-hetero) is 1. The van der Waals surface area contributed by atoms with Crippen molar-refractivity contribution in [3.05, 3.63) is 83.5 Å². The summed E-state index contributed by atoms with van der Waals surface area (Å²) in [6.07, 6.45) is 1.53. The molecule has 2 aromatic heterocycles. The van der Waals surface area contributed by atoms with E-state index in [4.69, 9.17) is 0 Å². The van der Waals surface area contributed by atoms with Gasteiger partial charge in [0.2, 0.25) is 5.91 Å². The summed E-state index contributed by atoms with van der Waals surface area (Å²) in [5.74, 6) is -0.222. The number of benzene rings is 2. The van der Waals surface area contributed by atoms with Crippen molar-refractivity contribution in [1.29, 1.82) is 0 Å². The van der Waals surface area contributed by atoms with E-state index in [0.717, 1.165) is 20.8 Å². The molecule has 7 heteroatoms. The van der Waals surface area contributed by atoms with Crippen molar-refractivity contribution >= 4 is 50.7 Å². The van der Waals surface area contributed by atoms with Crippen molar-refractivity contribution in [2.45, 2.75) is 17.2 Å². The van der Waals surface area contributed by atoms with Crippen LogP contribution >= 0.6 is 23.1 Å². The predicted molar refractivity (Wildman–Crippen MR) is 118 cm³/mol. The lowest BCUT2D eigenvalue weighted by Crippen LogP contribution is -2.19. The van der Waals surface area contributed by atoms with E-state index in [1.807, 2.05) is 41.8 Å². The highest BCUT2D eigenvalue weighted by atomic mass is 32.2. The third-order valence-corrected chi connectivity index (χ3v) is 6.42. The number of carbonyl (C=O) groups excluding carboxylic acids is 2. The van der Waals surface area contributed by atoms with Crippen LogP contribution in [0.2, 0.25) is 0 Å². The van der Waals surface area contributed by atoms with Crippen LogP contribution in [0.1, 0.15) is 28.1 Å². The fourth-order valence-corrected chi connectivity index (χ4v) is 4.78. The molecule has 0 radical (unpaired) electrons. The molecule has 0 aliphatic carbocycles. The van der Waals surface area contributed by atoms with Crippen LogP contribution in [-0.4, -0.2) is 21.7 Å². The summed E-state index contributed by atoms with van der Waals surface area (Å²) in [5, 5.41) is 6.11. The molecule has 1 N–H and O–H groups in total. The average Bonchev–Trinajstić information content (AvgIpc) is 3.22. The molecule has 0 aliphatic rings. The lowest BCUT2D eigenvalue weighted by atomic mass is 10.1. The minimum Gasteiger partial charge on any atom is -0.325 e. The number of amides is 1. The number of thioether (sulfide) groups is 1. The third kappa shape index (κ3) is 4.36. The SMILES string of the molecule is CC(=O)c1cccc(NC(=O)C(Sc2ncnc3sccc23)c2ccccc2)c1. The Morgan fingerprint density at radius 3 is 2.66 bits per heavy atom. The van der Waals surface area contributed by atoms with Gasteiger partial charge in [0.1, 0.15) is 21.4 Å². The second-order valence-corrected chi connectivity index (χ2v) is 8.34. The summed E-state index contributed by atoms with van der Waals surface area (Å²) in [6.45, 7) is 1.50. The number of ketones is 1. The lowest BCUT2D eigenvalue weighted by Gasteiger charge is -2.17. The molecule has 4 rings (SSSR count). The summed E-state index contributed by atoms with van der Waals surface area (Å²) in [6, 6.07) is 18.5. The molecule has 1 unspecified atom stereocenters. The maximum absolute atomic E-state index is 13.2. The summed E-state index contributed by atoms with van der Waals surface area (Å²) in [4.78, 5) is 34.4. The summed E-state index contributed by atoms with van der Waals surface area (Å²) >= 11 is 2.93. The molecule has 2 heterocycles. The van der Waals surface area contributed by atoms with Gasteiger partial charge in [-0.2, -0.15) is 0 Å².